The molecular weight excluding hydrogens is 398 g/mol. The summed E-state index contributed by atoms with van der Waals surface area (Å²) in [6.07, 6.45) is 9.94. The molecule has 0 fully saturated rings. The highest BCUT2D eigenvalue weighted by molar-refractivity contribution is 7.16. The number of rotatable bonds is 4. The van der Waals surface area contributed by atoms with Crippen LogP contribution in [0, 0.1) is 0 Å². The number of thiophene rings is 1. The number of phenols is 1. The molecule has 3 aromatic rings. The van der Waals surface area contributed by atoms with Gasteiger partial charge in [-0.3, -0.25) is 0 Å². The van der Waals surface area contributed by atoms with Crippen LogP contribution >= 0.6 is 11.3 Å². The summed E-state index contributed by atoms with van der Waals surface area (Å²) in [6, 6.07) is 3.48. The third kappa shape index (κ3) is 3.23. The first-order chi connectivity index (χ1) is 14.7. The van der Waals surface area contributed by atoms with E-state index in [9.17, 15) is 9.90 Å². The minimum absolute atomic E-state index is 0.180. The Morgan fingerprint density at radius 2 is 1.93 bits per heavy atom. The van der Waals surface area contributed by atoms with Gasteiger partial charge in [0.25, 0.3) is 0 Å². The number of furan rings is 1. The van der Waals surface area contributed by atoms with E-state index >= 15 is 0 Å². The summed E-state index contributed by atoms with van der Waals surface area (Å²) in [6.45, 7) is 2.16. The maximum atomic E-state index is 12.7. The number of aliphatic imine (C=N–C) groups is 1. The van der Waals surface area contributed by atoms with Crippen molar-refractivity contribution in [3.05, 3.63) is 45.0 Å². The minimum Gasteiger partial charge on any atom is -0.507 e. The first-order valence-electron chi connectivity index (χ1n) is 10.8. The van der Waals surface area contributed by atoms with Gasteiger partial charge in [-0.25, -0.2) is 9.79 Å². The van der Waals surface area contributed by atoms with Crippen molar-refractivity contribution in [1.82, 2.24) is 0 Å². The number of aryl methyl sites for hydroxylation is 3. The molecule has 0 bridgehead atoms. The van der Waals surface area contributed by atoms with E-state index in [4.69, 9.17) is 14.1 Å². The number of phenolic OH excluding ortho intramolecular Hbond substituents is 1. The second kappa shape index (κ2) is 7.91. The third-order valence-electron chi connectivity index (χ3n) is 6.08. The number of fused-ring (bicyclic) bond motifs is 4. The third-order valence-corrected chi connectivity index (χ3v) is 7.28. The molecule has 5 rings (SSSR count). The van der Waals surface area contributed by atoms with Gasteiger partial charge in [0.05, 0.1) is 12.2 Å². The van der Waals surface area contributed by atoms with Crippen molar-refractivity contribution in [3.63, 3.8) is 0 Å². The van der Waals surface area contributed by atoms with Crippen molar-refractivity contribution in [2.45, 2.75) is 58.3 Å². The minimum atomic E-state index is -0.299. The van der Waals surface area contributed by atoms with Gasteiger partial charge in [0.15, 0.2) is 0 Å². The van der Waals surface area contributed by atoms with Gasteiger partial charge in [0, 0.05) is 34.0 Å². The average molecular weight is 424 g/mol. The zero-order valence-electron chi connectivity index (χ0n) is 17.1. The van der Waals surface area contributed by atoms with E-state index in [0.717, 1.165) is 73.7 Å². The first kappa shape index (κ1) is 19.4. The van der Waals surface area contributed by atoms with Crippen molar-refractivity contribution in [3.8, 4) is 5.75 Å². The molecule has 5 nitrogen and oxygen atoms in total. The molecule has 156 valence electrons. The van der Waals surface area contributed by atoms with Crippen molar-refractivity contribution in [2.75, 3.05) is 6.61 Å². The predicted octanol–water partition coefficient (Wildman–Crippen LogP) is 5.88. The monoisotopic (exact) mass is 423 g/mol. The lowest BCUT2D eigenvalue weighted by atomic mass is 9.94. The summed E-state index contributed by atoms with van der Waals surface area (Å²) in [4.78, 5) is 18.6. The van der Waals surface area contributed by atoms with E-state index in [1.165, 1.54) is 10.4 Å². The van der Waals surface area contributed by atoms with Crippen molar-refractivity contribution < 1.29 is 19.1 Å². The molecule has 2 aliphatic rings. The first-order valence-corrected chi connectivity index (χ1v) is 11.6. The van der Waals surface area contributed by atoms with Gasteiger partial charge in [-0.15, -0.1) is 11.3 Å². The normalized spacial score (nSPS) is 16.0. The Hall–Kier alpha value is -2.60. The van der Waals surface area contributed by atoms with Crippen molar-refractivity contribution in [2.24, 2.45) is 4.99 Å². The number of nitrogens with zero attached hydrogens (tertiary/aromatic N) is 1. The van der Waals surface area contributed by atoms with Crippen LogP contribution in [0.5, 0.6) is 5.75 Å². The molecule has 0 unspecified atom stereocenters. The molecule has 0 spiro atoms. The molecule has 2 aliphatic carbocycles. The van der Waals surface area contributed by atoms with Crippen molar-refractivity contribution in [1.29, 1.82) is 0 Å². The van der Waals surface area contributed by atoms with Crippen LogP contribution in [0.25, 0.3) is 11.0 Å². The number of carbonyl (C=O) groups is 1. The largest absolute Gasteiger partial charge is 0.507 e. The summed E-state index contributed by atoms with van der Waals surface area (Å²) < 4.78 is 11.4. The number of carbonyl (C=O) groups excluding carboxylic acids is 1. The lowest BCUT2D eigenvalue weighted by Gasteiger charge is -2.11. The van der Waals surface area contributed by atoms with Gasteiger partial charge in [0.2, 0.25) is 0 Å². The van der Waals surface area contributed by atoms with Gasteiger partial charge in [-0.2, -0.15) is 0 Å². The second-order valence-electron chi connectivity index (χ2n) is 7.95. The van der Waals surface area contributed by atoms with E-state index in [1.807, 2.05) is 13.0 Å². The summed E-state index contributed by atoms with van der Waals surface area (Å²) in [5.41, 5.74) is 4.34. The topological polar surface area (TPSA) is 72.0 Å². The van der Waals surface area contributed by atoms with Gasteiger partial charge in [0.1, 0.15) is 22.1 Å². The average Bonchev–Trinajstić information content (AvgIpc) is 3.31. The maximum Gasteiger partial charge on any atom is 0.341 e. The van der Waals surface area contributed by atoms with Crippen molar-refractivity contribution >= 4 is 39.5 Å². The fraction of sp³-hybridized carbons (Fsp3) is 0.417. The highest BCUT2D eigenvalue weighted by Crippen LogP contribution is 2.41. The van der Waals surface area contributed by atoms with Crippen LogP contribution in [0.1, 0.15) is 70.3 Å². The SMILES string of the molecule is CCOC(=O)c1c(/N=C\c2c(O)ccc3oc4c(c23)CCCC4)sc2c1CCCC2. The van der Waals surface area contributed by atoms with E-state index in [-0.39, 0.29) is 11.7 Å². The summed E-state index contributed by atoms with van der Waals surface area (Å²) in [5.74, 6) is 0.905. The van der Waals surface area contributed by atoms with Crippen LogP contribution in [-0.4, -0.2) is 23.9 Å². The molecule has 1 aromatic carbocycles. The van der Waals surface area contributed by atoms with Gasteiger partial charge >= 0.3 is 5.97 Å². The van der Waals surface area contributed by atoms with Gasteiger partial charge < -0.3 is 14.3 Å². The highest BCUT2D eigenvalue weighted by atomic mass is 32.1. The molecule has 0 aliphatic heterocycles. The Bertz CT molecular complexity index is 1150. The van der Waals surface area contributed by atoms with E-state index in [2.05, 4.69) is 0 Å². The Morgan fingerprint density at radius 3 is 2.77 bits per heavy atom. The summed E-state index contributed by atoms with van der Waals surface area (Å²) >= 11 is 1.57. The zero-order chi connectivity index (χ0) is 20.7. The molecule has 0 amide bonds. The van der Waals surface area contributed by atoms with Crippen LogP contribution in [0.3, 0.4) is 0 Å². The number of hydrogen-bond donors (Lipinski definition) is 1. The lowest BCUT2D eigenvalue weighted by molar-refractivity contribution is 0.0526. The molecule has 1 N–H and O–H groups in total. The molecular formula is C24H25NO4S. The Balaban J connectivity index is 1.62. The molecule has 2 aromatic heterocycles. The molecule has 6 heteroatoms. The smallest absolute Gasteiger partial charge is 0.341 e. The van der Waals surface area contributed by atoms with Gasteiger partial charge in [-0.1, -0.05) is 0 Å². The molecule has 0 radical (unpaired) electrons. The standard InChI is InChI=1S/C24H25NO4S/c1-2-28-24(27)22-15-8-4-6-10-20(15)30-23(22)25-13-16-17(26)11-12-19-21(16)14-7-3-5-9-18(14)29-19/h11-13,26H,2-10H2,1H3/b25-13-. The number of benzene rings is 1. The molecule has 0 saturated heterocycles. The zero-order valence-corrected chi connectivity index (χ0v) is 17.9. The number of hydrogen-bond acceptors (Lipinski definition) is 6. The lowest BCUT2D eigenvalue weighted by Crippen LogP contribution is -2.09. The number of esters is 1. The van der Waals surface area contributed by atoms with Crippen LogP contribution in [0.4, 0.5) is 5.00 Å². The maximum absolute atomic E-state index is 12.7. The van der Waals surface area contributed by atoms with E-state index < -0.39 is 0 Å². The van der Waals surface area contributed by atoms with Gasteiger partial charge in [-0.05, 0) is 69.6 Å². The Labute approximate surface area is 179 Å². The number of aromatic hydroxyl groups is 1. The fourth-order valence-corrected chi connectivity index (χ4v) is 5.90. The van der Waals surface area contributed by atoms with Crippen LogP contribution in [0.15, 0.2) is 21.5 Å². The molecule has 0 saturated carbocycles. The quantitative estimate of drug-likeness (QED) is 0.420. The molecule has 30 heavy (non-hydrogen) atoms. The Morgan fingerprint density at radius 1 is 1.17 bits per heavy atom. The highest BCUT2D eigenvalue weighted by Gasteiger charge is 2.26. The predicted molar refractivity (Wildman–Crippen MR) is 119 cm³/mol. The van der Waals surface area contributed by atoms with Crippen LogP contribution in [0.2, 0.25) is 0 Å². The second-order valence-corrected chi connectivity index (χ2v) is 9.04. The Kier molecular flexibility index (Phi) is 5.11. The summed E-state index contributed by atoms with van der Waals surface area (Å²) in [7, 11) is 0. The van der Waals surface area contributed by atoms with Crippen LogP contribution < -0.4 is 0 Å². The molecule has 2 heterocycles. The fourth-order valence-electron chi connectivity index (χ4n) is 4.68. The van der Waals surface area contributed by atoms with E-state index in [1.54, 1.807) is 23.6 Å². The van der Waals surface area contributed by atoms with E-state index in [0.29, 0.717) is 22.7 Å². The van der Waals surface area contributed by atoms with Crippen LogP contribution in [-0.2, 0) is 30.4 Å². The number of ether oxygens (including phenoxy) is 1. The summed E-state index contributed by atoms with van der Waals surface area (Å²) in [5, 5.41) is 12.2. The molecule has 0 atom stereocenters.